The summed E-state index contributed by atoms with van der Waals surface area (Å²) in [6.07, 6.45) is -4.70. The van der Waals surface area contributed by atoms with Crippen LogP contribution in [0.25, 0.3) is 11.1 Å². The highest BCUT2D eigenvalue weighted by Gasteiger charge is 2.42. The highest BCUT2D eigenvalue weighted by molar-refractivity contribution is 6.30. The molecule has 4 rings (SSSR count). The maximum atomic E-state index is 14.4. The molecule has 1 aromatic heterocycles. The van der Waals surface area contributed by atoms with Gasteiger partial charge in [-0.05, 0) is 35.7 Å². The summed E-state index contributed by atoms with van der Waals surface area (Å²) in [4.78, 5) is 28.8. The first-order chi connectivity index (χ1) is 16.1. The van der Waals surface area contributed by atoms with Crippen molar-refractivity contribution in [2.75, 3.05) is 26.7 Å². The molecular weight excluding hydrogens is 467 g/mol. The van der Waals surface area contributed by atoms with Crippen LogP contribution in [0.5, 0.6) is 0 Å². The second kappa shape index (κ2) is 9.18. The Morgan fingerprint density at radius 1 is 1.03 bits per heavy atom. The second-order valence-corrected chi connectivity index (χ2v) is 8.75. The zero-order valence-electron chi connectivity index (χ0n) is 18.7. The Kier molecular flexibility index (Phi) is 6.45. The molecule has 0 radical (unpaired) electrons. The summed E-state index contributed by atoms with van der Waals surface area (Å²) in [6.45, 7) is 1.59. The summed E-state index contributed by atoms with van der Waals surface area (Å²) in [5.74, 6) is -0.873. The van der Waals surface area contributed by atoms with E-state index in [1.807, 2.05) is 0 Å². The van der Waals surface area contributed by atoms with Gasteiger partial charge in [0.2, 0.25) is 5.91 Å². The van der Waals surface area contributed by atoms with Crippen molar-refractivity contribution in [1.29, 1.82) is 0 Å². The zero-order valence-corrected chi connectivity index (χ0v) is 19.5. The molecule has 0 spiro atoms. The van der Waals surface area contributed by atoms with E-state index in [0.717, 1.165) is 4.57 Å². The molecule has 34 heavy (non-hydrogen) atoms. The number of alkyl halides is 3. The number of amides is 2. The van der Waals surface area contributed by atoms with Crippen LogP contribution in [-0.2, 0) is 17.5 Å². The Morgan fingerprint density at radius 3 is 2.26 bits per heavy atom. The molecule has 1 aliphatic heterocycles. The molecule has 1 saturated heterocycles. The highest BCUT2D eigenvalue weighted by atomic mass is 35.5. The van der Waals surface area contributed by atoms with E-state index in [4.69, 9.17) is 11.6 Å². The van der Waals surface area contributed by atoms with E-state index in [9.17, 15) is 22.8 Å². The lowest BCUT2D eigenvalue weighted by Gasteiger charge is -2.32. The molecule has 0 aliphatic carbocycles. The van der Waals surface area contributed by atoms with Crippen LogP contribution in [0.2, 0.25) is 5.02 Å². The smallest absolute Gasteiger partial charge is 0.342 e. The van der Waals surface area contributed by atoms with Gasteiger partial charge in [0.15, 0.2) is 0 Å². The lowest BCUT2D eigenvalue weighted by Crippen LogP contribution is -2.51. The number of likely N-dealkylation sites (N-methyl/N-ethyl adjacent to an activating group) is 1. The van der Waals surface area contributed by atoms with E-state index in [-0.39, 0.29) is 42.4 Å². The molecule has 0 N–H and O–H groups in total. The summed E-state index contributed by atoms with van der Waals surface area (Å²) in [5.41, 5.74) is 0.237. The molecule has 178 valence electrons. The Morgan fingerprint density at radius 2 is 1.68 bits per heavy atom. The van der Waals surface area contributed by atoms with Gasteiger partial charge in [-0.3, -0.25) is 9.59 Å². The molecule has 3 aromatic rings. The van der Waals surface area contributed by atoms with Crippen LogP contribution in [0.4, 0.5) is 13.2 Å². The van der Waals surface area contributed by atoms with Crippen LogP contribution in [-0.4, -0.2) is 52.9 Å². The van der Waals surface area contributed by atoms with Crippen LogP contribution in [0.3, 0.4) is 0 Å². The molecule has 0 bridgehead atoms. The van der Waals surface area contributed by atoms with Crippen molar-refractivity contribution in [1.82, 2.24) is 14.4 Å². The average Bonchev–Trinajstić information content (AvgIpc) is 3.08. The predicted molar refractivity (Wildman–Crippen MR) is 124 cm³/mol. The minimum absolute atomic E-state index is 0.0467. The fourth-order valence-corrected chi connectivity index (χ4v) is 4.43. The molecule has 2 heterocycles. The summed E-state index contributed by atoms with van der Waals surface area (Å²) >= 11 is 6.01. The van der Waals surface area contributed by atoms with Gasteiger partial charge < -0.3 is 14.4 Å². The number of carbonyl (C=O) groups excluding carboxylic acids is 2. The van der Waals surface area contributed by atoms with Gasteiger partial charge in [0.25, 0.3) is 5.91 Å². The highest BCUT2D eigenvalue weighted by Crippen LogP contribution is 2.42. The monoisotopic (exact) mass is 489 g/mol. The average molecular weight is 490 g/mol. The standard InChI is InChI=1S/C25H23ClF3N3O2/c1-16-21(18-8-10-19(26)11-9-18)22(24(34)31-13-12-30(2)20(33)15-31)32(23(16)25(27,28)29)14-17-6-4-3-5-7-17/h3-11H,12-15H2,1-2H3. The van der Waals surface area contributed by atoms with Crippen molar-refractivity contribution in [3.05, 3.63) is 82.1 Å². The second-order valence-electron chi connectivity index (χ2n) is 8.32. The van der Waals surface area contributed by atoms with Crippen LogP contribution < -0.4 is 0 Å². The molecule has 5 nitrogen and oxygen atoms in total. The Balaban J connectivity index is 1.96. The molecule has 1 aliphatic rings. The molecule has 2 amide bonds. The Hall–Kier alpha value is -3.26. The number of benzene rings is 2. The molecule has 0 saturated carbocycles. The van der Waals surface area contributed by atoms with Crippen LogP contribution >= 0.6 is 11.6 Å². The van der Waals surface area contributed by atoms with Crippen molar-refractivity contribution in [2.45, 2.75) is 19.6 Å². The van der Waals surface area contributed by atoms with Crippen LogP contribution in [0.1, 0.15) is 27.3 Å². The number of nitrogens with zero attached hydrogens (tertiary/aromatic N) is 3. The predicted octanol–water partition coefficient (Wildman–Crippen LogP) is 5.10. The minimum Gasteiger partial charge on any atom is -0.342 e. The van der Waals surface area contributed by atoms with Crippen molar-refractivity contribution in [3.63, 3.8) is 0 Å². The number of rotatable bonds is 4. The molecule has 9 heteroatoms. The van der Waals surface area contributed by atoms with E-state index >= 15 is 0 Å². The number of piperazine rings is 1. The Bertz CT molecular complexity index is 1220. The third-order valence-corrected chi connectivity index (χ3v) is 6.29. The first-order valence-corrected chi connectivity index (χ1v) is 11.1. The number of hydrogen-bond donors (Lipinski definition) is 0. The molecule has 0 unspecified atom stereocenters. The van der Waals surface area contributed by atoms with Gasteiger partial charge in [0, 0.05) is 37.3 Å². The van der Waals surface area contributed by atoms with Gasteiger partial charge in [0.05, 0.1) is 0 Å². The van der Waals surface area contributed by atoms with E-state index in [1.54, 1.807) is 61.6 Å². The first-order valence-electron chi connectivity index (χ1n) is 10.7. The minimum atomic E-state index is -4.70. The topological polar surface area (TPSA) is 45.6 Å². The maximum absolute atomic E-state index is 14.4. The van der Waals surface area contributed by atoms with E-state index in [0.29, 0.717) is 22.7 Å². The van der Waals surface area contributed by atoms with Crippen molar-refractivity contribution >= 4 is 23.4 Å². The van der Waals surface area contributed by atoms with Gasteiger partial charge in [0.1, 0.15) is 17.9 Å². The van der Waals surface area contributed by atoms with Gasteiger partial charge in [-0.15, -0.1) is 0 Å². The molecule has 1 fully saturated rings. The summed E-state index contributed by atoms with van der Waals surface area (Å²) in [7, 11) is 1.63. The zero-order chi connectivity index (χ0) is 24.6. The van der Waals surface area contributed by atoms with Gasteiger partial charge >= 0.3 is 6.18 Å². The van der Waals surface area contributed by atoms with Crippen LogP contribution in [0.15, 0.2) is 54.6 Å². The van der Waals surface area contributed by atoms with Gasteiger partial charge in [-0.25, -0.2) is 0 Å². The van der Waals surface area contributed by atoms with Crippen LogP contribution in [0, 0.1) is 6.92 Å². The van der Waals surface area contributed by atoms with Crippen molar-refractivity contribution in [3.8, 4) is 11.1 Å². The van der Waals surface area contributed by atoms with E-state index in [1.165, 1.54) is 16.7 Å². The lowest BCUT2D eigenvalue weighted by atomic mass is 10.00. The summed E-state index contributed by atoms with van der Waals surface area (Å²) in [6, 6.07) is 15.0. The third kappa shape index (κ3) is 4.55. The normalized spacial score (nSPS) is 14.6. The summed E-state index contributed by atoms with van der Waals surface area (Å²) < 4.78 is 44.2. The van der Waals surface area contributed by atoms with E-state index < -0.39 is 17.8 Å². The number of halogens is 4. The van der Waals surface area contributed by atoms with Crippen molar-refractivity contribution < 1.29 is 22.8 Å². The van der Waals surface area contributed by atoms with E-state index in [2.05, 4.69) is 0 Å². The number of hydrogen-bond acceptors (Lipinski definition) is 2. The van der Waals surface area contributed by atoms with Gasteiger partial charge in [-0.2, -0.15) is 13.2 Å². The summed E-state index contributed by atoms with van der Waals surface area (Å²) in [5, 5.41) is 0.429. The first kappa shape index (κ1) is 23.9. The largest absolute Gasteiger partial charge is 0.431 e. The third-order valence-electron chi connectivity index (χ3n) is 6.04. The number of aromatic nitrogens is 1. The fourth-order valence-electron chi connectivity index (χ4n) is 4.31. The van der Waals surface area contributed by atoms with Crippen molar-refractivity contribution in [2.24, 2.45) is 0 Å². The fraction of sp³-hybridized carbons (Fsp3) is 0.280. The molecule has 0 atom stereocenters. The maximum Gasteiger partial charge on any atom is 0.431 e. The molecular formula is C25H23ClF3N3O2. The Labute approximate surface area is 200 Å². The number of carbonyl (C=O) groups is 2. The van der Waals surface area contributed by atoms with Gasteiger partial charge in [-0.1, -0.05) is 54.1 Å². The molecule has 2 aromatic carbocycles. The SMILES string of the molecule is Cc1c(-c2ccc(Cl)cc2)c(C(=O)N2CCN(C)C(=O)C2)n(Cc2ccccc2)c1C(F)(F)F. The lowest BCUT2D eigenvalue weighted by molar-refractivity contribution is -0.144. The quantitative estimate of drug-likeness (QED) is 0.512.